The average molecular weight is 316 g/mol. The molecular formula is C12H11BrFNO3. The third-order valence-corrected chi connectivity index (χ3v) is 4.10. The molecule has 1 fully saturated rings. The van der Waals surface area contributed by atoms with E-state index in [9.17, 15) is 19.4 Å². The van der Waals surface area contributed by atoms with Crippen molar-refractivity contribution in [2.24, 2.45) is 4.99 Å². The lowest BCUT2D eigenvalue weighted by Gasteiger charge is -2.25. The molecule has 1 aromatic carbocycles. The van der Waals surface area contributed by atoms with E-state index in [1.54, 1.807) is 0 Å². The molecule has 2 N–H and O–H groups in total. The number of phenolic OH excluding ortho intramolecular Hbond substituents is 2. The number of hydrogen-bond acceptors (Lipinski definition) is 4. The summed E-state index contributed by atoms with van der Waals surface area (Å²) in [6.45, 7) is 0. The van der Waals surface area contributed by atoms with Gasteiger partial charge in [0.15, 0.2) is 11.5 Å². The summed E-state index contributed by atoms with van der Waals surface area (Å²) in [5.74, 6) is -1.70. The van der Waals surface area contributed by atoms with Gasteiger partial charge in [0, 0.05) is 11.6 Å². The molecule has 6 heteroatoms. The van der Waals surface area contributed by atoms with Gasteiger partial charge in [0.25, 0.3) is 0 Å². The van der Waals surface area contributed by atoms with Gasteiger partial charge >= 0.3 is 0 Å². The fraction of sp³-hybridized carbons (Fsp3) is 0.417. The van der Waals surface area contributed by atoms with Crippen molar-refractivity contribution < 1.29 is 19.4 Å². The number of nitrogens with zero attached hydrogens (tertiary/aromatic N) is 1. The molecule has 1 aliphatic carbocycles. The van der Waals surface area contributed by atoms with E-state index >= 15 is 0 Å². The molecule has 0 radical (unpaired) electrons. The highest BCUT2D eigenvalue weighted by Crippen LogP contribution is 2.51. The number of rotatable bonds is 2. The fourth-order valence-electron chi connectivity index (χ4n) is 2.49. The molecule has 0 unspecified atom stereocenters. The number of halogens is 2. The minimum Gasteiger partial charge on any atom is -0.504 e. The van der Waals surface area contributed by atoms with E-state index in [1.165, 1.54) is 6.08 Å². The molecule has 0 amide bonds. The fourth-order valence-corrected chi connectivity index (χ4v) is 3.16. The SMILES string of the molecule is O=C=NC1(c2c(O)c(O)cc(F)c2Br)CCCC1. The highest BCUT2D eigenvalue weighted by molar-refractivity contribution is 9.10. The molecule has 1 aliphatic rings. The number of hydrogen-bond donors (Lipinski definition) is 2. The number of aliphatic imine (C=N–C) groups is 1. The highest BCUT2D eigenvalue weighted by atomic mass is 79.9. The van der Waals surface area contributed by atoms with Crippen molar-refractivity contribution in [2.45, 2.75) is 31.2 Å². The number of phenols is 2. The van der Waals surface area contributed by atoms with Gasteiger partial charge in [-0.2, -0.15) is 4.99 Å². The van der Waals surface area contributed by atoms with Gasteiger partial charge in [-0.25, -0.2) is 9.18 Å². The molecule has 0 spiro atoms. The van der Waals surface area contributed by atoms with E-state index in [2.05, 4.69) is 20.9 Å². The van der Waals surface area contributed by atoms with E-state index < -0.39 is 22.9 Å². The number of carbonyl (C=O) groups excluding carboxylic acids is 1. The lowest BCUT2D eigenvalue weighted by atomic mass is 9.88. The van der Waals surface area contributed by atoms with Crippen LogP contribution in [-0.2, 0) is 10.3 Å². The van der Waals surface area contributed by atoms with Gasteiger partial charge < -0.3 is 10.2 Å². The van der Waals surface area contributed by atoms with E-state index in [0.29, 0.717) is 12.8 Å². The molecule has 2 rings (SSSR count). The van der Waals surface area contributed by atoms with Crippen LogP contribution in [0.1, 0.15) is 31.2 Å². The first-order valence-corrected chi connectivity index (χ1v) is 6.30. The van der Waals surface area contributed by atoms with Crippen molar-refractivity contribution in [1.82, 2.24) is 0 Å². The van der Waals surface area contributed by atoms with Gasteiger partial charge in [-0.15, -0.1) is 0 Å². The Labute approximate surface area is 111 Å². The van der Waals surface area contributed by atoms with E-state index in [-0.39, 0.29) is 10.0 Å². The largest absolute Gasteiger partial charge is 0.504 e. The van der Waals surface area contributed by atoms with Crippen LogP contribution in [0.2, 0.25) is 0 Å². The molecule has 0 aromatic heterocycles. The molecule has 18 heavy (non-hydrogen) atoms. The molecule has 0 aliphatic heterocycles. The predicted molar refractivity (Wildman–Crippen MR) is 65.7 cm³/mol. The standard InChI is InChI=1S/C12H11BrFNO3/c13-10-7(14)5-8(17)11(18)9(10)12(15-6-16)3-1-2-4-12/h5,17-18H,1-4H2. The Morgan fingerprint density at radius 1 is 1.39 bits per heavy atom. The Morgan fingerprint density at radius 3 is 2.56 bits per heavy atom. The van der Waals surface area contributed by atoms with Crippen LogP contribution in [0.3, 0.4) is 0 Å². The number of aromatic hydroxyl groups is 2. The van der Waals surface area contributed by atoms with Crippen LogP contribution in [0, 0.1) is 5.82 Å². The number of isocyanates is 1. The lowest BCUT2D eigenvalue weighted by molar-refractivity contribution is 0.367. The van der Waals surface area contributed by atoms with Gasteiger partial charge in [0.2, 0.25) is 6.08 Å². The first-order chi connectivity index (χ1) is 8.52. The zero-order valence-corrected chi connectivity index (χ0v) is 11.0. The zero-order chi connectivity index (χ0) is 13.3. The topological polar surface area (TPSA) is 69.9 Å². The summed E-state index contributed by atoms with van der Waals surface area (Å²) in [6, 6.07) is 0.816. The first-order valence-electron chi connectivity index (χ1n) is 5.51. The summed E-state index contributed by atoms with van der Waals surface area (Å²) in [6.07, 6.45) is 4.13. The van der Waals surface area contributed by atoms with Crippen LogP contribution in [0.15, 0.2) is 15.5 Å². The van der Waals surface area contributed by atoms with Crippen LogP contribution >= 0.6 is 15.9 Å². The van der Waals surface area contributed by atoms with Gasteiger partial charge in [-0.3, -0.25) is 0 Å². The summed E-state index contributed by atoms with van der Waals surface area (Å²) < 4.78 is 13.7. The Kier molecular flexibility index (Phi) is 3.41. The Balaban J connectivity index is 2.72. The second kappa shape index (κ2) is 4.71. The molecule has 96 valence electrons. The molecule has 0 bridgehead atoms. The lowest BCUT2D eigenvalue weighted by Crippen LogP contribution is -2.20. The summed E-state index contributed by atoms with van der Waals surface area (Å²) in [4.78, 5) is 14.3. The summed E-state index contributed by atoms with van der Waals surface area (Å²) in [5.41, 5.74) is -0.870. The molecular weight excluding hydrogens is 305 g/mol. The smallest absolute Gasteiger partial charge is 0.235 e. The third-order valence-electron chi connectivity index (χ3n) is 3.33. The van der Waals surface area contributed by atoms with Crippen LogP contribution in [-0.4, -0.2) is 16.3 Å². The van der Waals surface area contributed by atoms with E-state index in [4.69, 9.17) is 0 Å². The van der Waals surface area contributed by atoms with Crippen molar-refractivity contribution >= 4 is 22.0 Å². The number of benzene rings is 1. The Morgan fingerprint density at radius 2 is 2.00 bits per heavy atom. The van der Waals surface area contributed by atoms with Gasteiger partial charge in [0.05, 0.1) is 4.47 Å². The van der Waals surface area contributed by atoms with Crippen molar-refractivity contribution in [1.29, 1.82) is 0 Å². The summed E-state index contributed by atoms with van der Waals surface area (Å²) >= 11 is 3.04. The maximum absolute atomic E-state index is 13.6. The second-order valence-electron chi connectivity index (χ2n) is 4.36. The molecule has 0 saturated heterocycles. The van der Waals surface area contributed by atoms with Gasteiger partial charge in [-0.05, 0) is 28.8 Å². The van der Waals surface area contributed by atoms with Crippen LogP contribution < -0.4 is 0 Å². The van der Waals surface area contributed by atoms with E-state index in [0.717, 1.165) is 18.9 Å². The Bertz CT molecular complexity index is 508. The van der Waals surface area contributed by atoms with Crippen LogP contribution in [0.4, 0.5) is 4.39 Å². The average Bonchev–Trinajstić information content (AvgIpc) is 2.77. The normalized spacial score (nSPS) is 17.4. The Hall–Kier alpha value is -1.39. The zero-order valence-electron chi connectivity index (χ0n) is 9.41. The summed E-state index contributed by atoms with van der Waals surface area (Å²) in [5, 5.41) is 19.4. The molecule has 4 nitrogen and oxygen atoms in total. The minimum atomic E-state index is -0.996. The van der Waals surface area contributed by atoms with Gasteiger partial charge in [-0.1, -0.05) is 12.8 Å². The summed E-state index contributed by atoms with van der Waals surface area (Å²) in [7, 11) is 0. The predicted octanol–water partition coefficient (Wildman–Crippen LogP) is 3.10. The first kappa shape index (κ1) is 13.1. The third kappa shape index (κ3) is 1.91. The quantitative estimate of drug-likeness (QED) is 0.500. The minimum absolute atomic E-state index is 0.0266. The van der Waals surface area contributed by atoms with Crippen molar-refractivity contribution in [2.75, 3.05) is 0 Å². The van der Waals surface area contributed by atoms with Crippen molar-refractivity contribution in [3.8, 4) is 11.5 Å². The molecule has 1 saturated carbocycles. The van der Waals surface area contributed by atoms with Crippen LogP contribution in [0.25, 0.3) is 0 Å². The molecule has 1 aromatic rings. The maximum atomic E-state index is 13.6. The molecule has 0 atom stereocenters. The van der Waals surface area contributed by atoms with Gasteiger partial charge in [0.1, 0.15) is 11.4 Å². The monoisotopic (exact) mass is 315 g/mol. The second-order valence-corrected chi connectivity index (χ2v) is 5.15. The van der Waals surface area contributed by atoms with Crippen molar-refractivity contribution in [3.05, 3.63) is 21.9 Å². The van der Waals surface area contributed by atoms with E-state index in [1.807, 2.05) is 0 Å². The molecule has 0 heterocycles. The van der Waals surface area contributed by atoms with Crippen molar-refractivity contribution in [3.63, 3.8) is 0 Å². The highest BCUT2D eigenvalue weighted by Gasteiger charge is 2.41. The van der Waals surface area contributed by atoms with Crippen LogP contribution in [0.5, 0.6) is 11.5 Å². The maximum Gasteiger partial charge on any atom is 0.235 e.